The Morgan fingerprint density at radius 2 is 2.00 bits per heavy atom. The normalized spacial score (nSPS) is 30.7. The molecule has 1 saturated carbocycles. The first-order chi connectivity index (χ1) is 10.6. The molecule has 1 aromatic heterocycles. The molecule has 1 aromatic rings. The molecule has 3 heterocycles. The molecule has 2 atom stereocenters. The topological polar surface area (TPSA) is 57.4 Å². The number of aromatic nitrogens is 3. The zero-order valence-electron chi connectivity index (χ0n) is 13.6. The molecule has 122 valence electrons. The summed E-state index contributed by atoms with van der Waals surface area (Å²) >= 11 is 0. The highest BCUT2D eigenvalue weighted by atomic mass is 16.3. The molecule has 2 aliphatic heterocycles. The van der Waals surface area contributed by atoms with E-state index in [4.69, 9.17) is 0 Å². The molecular weight excluding hydrogens is 278 g/mol. The van der Waals surface area contributed by atoms with Crippen molar-refractivity contribution >= 4 is 0 Å². The van der Waals surface area contributed by atoms with Crippen molar-refractivity contribution in [1.29, 1.82) is 0 Å². The van der Waals surface area contributed by atoms with Gasteiger partial charge in [-0.3, -0.25) is 9.80 Å². The van der Waals surface area contributed by atoms with Gasteiger partial charge in [0.15, 0.2) is 5.82 Å². The van der Waals surface area contributed by atoms with Crippen molar-refractivity contribution in [2.45, 2.75) is 76.8 Å². The van der Waals surface area contributed by atoms with E-state index < -0.39 is 0 Å². The first kappa shape index (κ1) is 14.6. The molecule has 1 saturated heterocycles. The maximum Gasteiger partial charge on any atom is 0.150 e. The van der Waals surface area contributed by atoms with Crippen LogP contribution in [-0.2, 0) is 13.1 Å². The van der Waals surface area contributed by atoms with Gasteiger partial charge in [0.1, 0.15) is 5.82 Å². The Kier molecular flexibility index (Phi) is 3.71. The highest BCUT2D eigenvalue weighted by Crippen LogP contribution is 2.34. The fourth-order valence-corrected chi connectivity index (χ4v) is 4.17. The van der Waals surface area contributed by atoms with Crippen LogP contribution in [-0.4, -0.2) is 60.9 Å². The van der Waals surface area contributed by atoms with Gasteiger partial charge in [0.25, 0.3) is 0 Å². The van der Waals surface area contributed by atoms with Gasteiger partial charge in [-0.25, -0.2) is 0 Å². The average Bonchev–Trinajstić information content (AvgIpc) is 2.99. The second-order valence-corrected chi connectivity index (χ2v) is 7.38. The number of hydrogen-bond acceptors (Lipinski definition) is 5. The number of aliphatic hydroxyl groups excluding tert-OH is 1. The highest BCUT2D eigenvalue weighted by Gasteiger charge is 2.38. The van der Waals surface area contributed by atoms with Gasteiger partial charge >= 0.3 is 0 Å². The van der Waals surface area contributed by atoms with Crippen LogP contribution in [0.25, 0.3) is 0 Å². The lowest BCUT2D eigenvalue weighted by atomic mass is 9.91. The van der Waals surface area contributed by atoms with Crippen molar-refractivity contribution in [2.24, 2.45) is 0 Å². The van der Waals surface area contributed by atoms with Crippen LogP contribution in [0.4, 0.5) is 0 Å². The first-order valence-corrected chi connectivity index (χ1v) is 8.73. The third-order valence-corrected chi connectivity index (χ3v) is 5.68. The van der Waals surface area contributed by atoms with Crippen LogP contribution in [0.5, 0.6) is 0 Å². The van der Waals surface area contributed by atoms with Crippen molar-refractivity contribution in [3.63, 3.8) is 0 Å². The standard InChI is InChI=1S/C16H27N5O/c1-11(2)21-9-13(22)8-14(21)16-18-17-15-10-19(6-7-20(15)16)12-4-3-5-12/h11-14,22H,3-10H2,1-2H3/t13-,14-/m0/s1. The number of rotatable bonds is 3. The summed E-state index contributed by atoms with van der Waals surface area (Å²) in [5.41, 5.74) is 0. The van der Waals surface area contributed by atoms with E-state index >= 15 is 0 Å². The van der Waals surface area contributed by atoms with Gasteiger partial charge < -0.3 is 9.67 Å². The van der Waals surface area contributed by atoms with Gasteiger partial charge in [0, 0.05) is 31.7 Å². The summed E-state index contributed by atoms with van der Waals surface area (Å²) in [4.78, 5) is 4.93. The third kappa shape index (κ3) is 2.37. The van der Waals surface area contributed by atoms with Crippen molar-refractivity contribution in [1.82, 2.24) is 24.6 Å². The van der Waals surface area contributed by atoms with E-state index in [0.29, 0.717) is 6.04 Å². The Labute approximate surface area is 132 Å². The minimum atomic E-state index is -0.240. The summed E-state index contributed by atoms with van der Waals surface area (Å²) in [5.74, 6) is 2.17. The molecule has 4 rings (SSSR count). The van der Waals surface area contributed by atoms with Crippen LogP contribution in [0.2, 0.25) is 0 Å². The predicted octanol–water partition coefficient (Wildman–Crippen LogP) is 1.16. The van der Waals surface area contributed by atoms with Gasteiger partial charge in [-0.05, 0) is 33.1 Å². The summed E-state index contributed by atoms with van der Waals surface area (Å²) in [7, 11) is 0. The number of fused-ring (bicyclic) bond motifs is 1. The zero-order valence-corrected chi connectivity index (χ0v) is 13.6. The van der Waals surface area contributed by atoms with Gasteiger partial charge in [0.05, 0.1) is 18.7 Å². The lowest BCUT2D eigenvalue weighted by molar-refractivity contribution is 0.0932. The van der Waals surface area contributed by atoms with E-state index in [1.165, 1.54) is 19.3 Å². The molecule has 0 amide bonds. The van der Waals surface area contributed by atoms with E-state index in [1.54, 1.807) is 0 Å². The first-order valence-electron chi connectivity index (χ1n) is 8.73. The van der Waals surface area contributed by atoms with E-state index in [-0.39, 0.29) is 12.1 Å². The van der Waals surface area contributed by atoms with Crippen LogP contribution in [0.15, 0.2) is 0 Å². The summed E-state index contributed by atoms with van der Waals surface area (Å²) in [5, 5.41) is 19.1. The number of β-amino-alcohol motifs (C(OH)–C–C–N with tert-alkyl or cyclic N) is 1. The summed E-state index contributed by atoms with van der Waals surface area (Å²) in [6.07, 6.45) is 4.61. The Morgan fingerprint density at radius 3 is 2.68 bits per heavy atom. The monoisotopic (exact) mass is 305 g/mol. The number of nitrogens with zero attached hydrogens (tertiary/aromatic N) is 5. The minimum absolute atomic E-state index is 0.214. The van der Waals surface area contributed by atoms with Crippen molar-refractivity contribution in [3.05, 3.63) is 11.6 Å². The molecule has 3 aliphatic rings. The lowest BCUT2D eigenvalue weighted by Gasteiger charge is -2.40. The molecule has 6 heteroatoms. The van der Waals surface area contributed by atoms with E-state index in [1.807, 2.05) is 0 Å². The fourth-order valence-electron chi connectivity index (χ4n) is 4.17. The van der Waals surface area contributed by atoms with E-state index in [0.717, 1.165) is 50.3 Å². The predicted molar refractivity (Wildman–Crippen MR) is 83.3 cm³/mol. The van der Waals surface area contributed by atoms with Crippen LogP contribution in [0.3, 0.4) is 0 Å². The lowest BCUT2D eigenvalue weighted by Crippen LogP contribution is -2.45. The third-order valence-electron chi connectivity index (χ3n) is 5.68. The van der Waals surface area contributed by atoms with Gasteiger partial charge in [-0.2, -0.15) is 0 Å². The summed E-state index contributed by atoms with van der Waals surface area (Å²) < 4.78 is 2.31. The number of hydrogen-bond donors (Lipinski definition) is 1. The molecule has 1 N–H and O–H groups in total. The maximum atomic E-state index is 10.1. The molecule has 0 aromatic carbocycles. The van der Waals surface area contributed by atoms with Crippen molar-refractivity contribution < 1.29 is 5.11 Å². The Bertz CT molecular complexity index is 539. The summed E-state index contributed by atoms with van der Waals surface area (Å²) in [6.45, 7) is 8.17. The molecule has 1 aliphatic carbocycles. The largest absolute Gasteiger partial charge is 0.392 e. The molecule has 6 nitrogen and oxygen atoms in total. The van der Waals surface area contributed by atoms with Crippen molar-refractivity contribution in [3.8, 4) is 0 Å². The molecule has 0 bridgehead atoms. The van der Waals surface area contributed by atoms with Crippen LogP contribution in [0.1, 0.15) is 57.2 Å². The van der Waals surface area contributed by atoms with Crippen LogP contribution < -0.4 is 0 Å². The number of aliphatic hydroxyl groups is 1. The molecule has 0 spiro atoms. The van der Waals surface area contributed by atoms with Crippen LogP contribution >= 0.6 is 0 Å². The second-order valence-electron chi connectivity index (χ2n) is 7.38. The second kappa shape index (κ2) is 5.58. The van der Waals surface area contributed by atoms with Gasteiger partial charge in [-0.15, -0.1) is 10.2 Å². The Hall–Kier alpha value is -0.980. The van der Waals surface area contributed by atoms with Gasteiger partial charge in [-0.1, -0.05) is 6.42 Å². The summed E-state index contributed by atoms with van der Waals surface area (Å²) in [6, 6.07) is 1.41. The molecule has 2 fully saturated rings. The zero-order chi connectivity index (χ0) is 15.3. The molecule has 22 heavy (non-hydrogen) atoms. The molecular formula is C16H27N5O. The molecule has 0 radical (unpaired) electrons. The van der Waals surface area contributed by atoms with Gasteiger partial charge in [0.2, 0.25) is 0 Å². The molecule has 0 unspecified atom stereocenters. The maximum absolute atomic E-state index is 10.1. The number of likely N-dealkylation sites (tertiary alicyclic amines) is 1. The Balaban J connectivity index is 1.56. The SMILES string of the molecule is CC(C)N1C[C@@H](O)C[C@H]1c1nnc2n1CCN(C1CCC1)C2. The van der Waals surface area contributed by atoms with Crippen LogP contribution in [0, 0.1) is 0 Å². The van der Waals surface area contributed by atoms with E-state index in [9.17, 15) is 5.11 Å². The minimum Gasteiger partial charge on any atom is -0.392 e. The van der Waals surface area contributed by atoms with Crippen molar-refractivity contribution in [2.75, 3.05) is 13.1 Å². The fraction of sp³-hybridized carbons (Fsp3) is 0.875. The van der Waals surface area contributed by atoms with E-state index in [2.05, 4.69) is 38.4 Å². The Morgan fingerprint density at radius 1 is 1.18 bits per heavy atom. The highest BCUT2D eigenvalue weighted by molar-refractivity contribution is 5.08. The smallest absolute Gasteiger partial charge is 0.150 e. The quantitative estimate of drug-likeness (QED) is 0.908. The average molecular weight is 305 g/mol.